The van der Waals surface area contributed by atoms with E-state index in [0.717, 1.165) is 16.8 Å². The zero-order valence-electron chi connectivity index (χ0n) is 11.7. The molecule has 3 rings (SSSR count). The lowest BCUT2D eigenvalue weighted by Gasteiger charge is -2.04. The summed E-state index contributed by atoms with van der Waals surface area (Å²) in [5.74, 6) is 0.189. The summed E-state index contributed by atoms with van der Waals surface area (Å²) in [7, 11) is 0. The van der Waals surface area contributed by atoms with Gasteiger partial charge in [0, 0.05) is 16.6 Å². The molecule has 0 aliphatic heterocycles. The number of aromatic nitrogens is 1. The van der Waals surface area contributed by atoms with Gasteiger partial charge in [-0.15, -0.1) is 11.3 Å². The Balaban J connectivity index is 1.89. The third kappa shape index (κ3) is 2.41. The minimum Gasteiger partial charge on any atom is -0.340 e. The average molecular weight is 283 g/mol. The minimum absolute atomic E-state index is 0.189. The number of thiophene rings is 1. The normalized spacial score (nSPS) is 11.1. The Morgan fingerprint density at radius 1 is 1.20 bits per heavy atom. The lowest BCUT2D eigenvalue weighted by atomic mass is 10.2. The number of hydrogen-bond acceptors (Lipinski definition) is 2. The van der Waals surface area contributed by atoms with Gasteiger partial charge in [-0.2, -0.15) is 0 Å². The molecule has 2 aromatic heterocycles. The van der Waals surface area contributed by atoms with Gasteiger partial charge in [-0.25, -0.2) is 0 Å². The Hall–Kier alpha value is -1.87. The molecule has 2 nitrogen and oxygen atoms in total. The van der Waals surface area contributed by atoms with Gasteiger partial charge in [0.1, 0.15) is 0 Å². The zero-order chi connectivity index (χ0) is 14.1. The van der Waals surface area contributed by atoms with Crippen molar-refractivity contribution >= 4 is 28.0 Å². The maximum absolute atomic E-state index is 12.4. The van der Waals surface area contributed by atoms with Crippen molar-refractivity contribution in [3.05, 3.63) is 57.9 Å². The molecule has 102 valence electrons. The minimum atomic E-state index is 0.189. The van der Waals surface area contributed by atoms with E-state index in [1.165, 1.54) is 15.8 Å². The summed E-state index contributed by atoms with van der Waals surface area (Å²) in [6.45, 7) is 4.60. The van der Waals surface area contributed by atoms with Crippen molar-refractivity contribution < 1.29 is 4.79 Å². The summed E-state index contributed by atoms with van der Waals surface area (Å²) in [6.07, 6.45) is 2.99. The van der Waals surface area contributed by atoms with Gasteiger partial charge >= 0.3 is 0 Å². The van der Waals surface area contributed by atoms with Crippen molar-refractivity contribution in [2.45, 2.75) is 26.8 Å². The predicted molar refractivity (Wildman–Crippen MR) is 84.7 cm³/mol. The second kappa shape index (κ2) is 5.25. The van der Waals surface area contributed by atoms with E-state index in [0.29, 0.717) is 6.54 Å². The molecule has 3 aromatic rings. The summed E-state index contributed by atoms with van der Waals surface area (Å²) in [4.78, 5) is 14.5. The number of fused-ring (bicyclic) bond motifs is 1. The molecule has 0 unspecified atom stereocenters. The highest BCUT2D eigenvalue weighted by atomic mass is 32.1. The third-order valence-electron chi connectivity index (χ3n) is 3.53. The molecular weight excluding hydrogens is 266 g/mol. The Labute approximate surface area is 122 Å². The lowest BCUT2D eigenvalue weighted by molar-refractivity contribution is 0.0977. The van der Waals surface area contributed by atoms with Crippen LogP contribution in [0.15, 0.2) is 42.6 Å². The van der Waals surface area contributed by atoms with E-state index in [-0.39, 0.29) is 5.78 Å². The van der Waals surface area contributed by atoms with Crippen LogP contribution in [0.5, 0.6) is 0 Å². The Morgan fingerprint density at radius 2 is 2.05 bits per heavy atom. The van der Waals surface area contributed by atoms with Crippen LogP contribution in [0.25, 0.3) is 10.9 Å². The molecule has 3 heteroatoms. The molecule has 0 N–H and O–H groups in total. The van der Waals surface area contributed by atoms with Crippen LogP contribution in [-0.4, -0.2) is 10.4 Å². The number of carbonyl (C=O) groups excluding carboxylic acids is 1. The molecule has 0 saturated carbocycles. The van der Waals surface area contributed by atoms with E-state index >= 15 is 0 Å². The van der Waals surface area contributed by atoms with Crippen molar-refractivity contribution in [1.29, 1.82) is 0 Å². The van der Waals surface area contributed by atoms with Crippen molar-refractivity contribution in [3.63, 3.8) is 0 Å². The van der Waals surface area contributed by atoms with Crippen molar-refractivity contribution in [2.75, 3.05) is 0 Å². The Morgan fingerprint density at radius 3 is 2.80 bits per heavy atom. The number of carbonyl (C=O) groups is 1. The van der Waals surface area contributed by atoms with Gasteiger partial charge in [0.15, 0.2) is 5.78 Å². The fraction of sp³-hybridized carbons (Fsp3) is 0.235. The molecule has 0 saturated heterocycles. The number of rotatable bonds is 4. The first-order chi connectivity index (χ1) is 9.67. The third-order valence-corrected chi connectivity index (χ3v) is 4.80. The highest BCUT2D eigenvalue weighted by molar-refractivity contribution is 7.14. The second-order valence-electron chi connectivity index (χ2n) is 5.05. The molecule has 0 spiro atoms. The molecule has 0 atom stereocenters. The van der Waals surface area contributed by atoms with Gasteiger partial charge in [0.2, 0.25) is 0 Å². The molecule has 0 fully saturated rings. The molecule has 1 aromatic carbocycles. The molecular formula is C17H17NOS. The van der Waals surface area contributed by atoms with Crippen LogP contribution in [0.1, 0.15) is 27.0 Å². The Kier molecular flexibility index (Phi) is 3.45. The molecule has 2 heterocycles. The largest absolute Gasteiger partial charge is 0.340 e. The van der Waals surface area contributed by atoms with E-state index in [4.69, 9.17) is 0 Å². The van der Waals surface area contributed by atoms with E-state index < -0.39 is 0 Å². The number of nitrogens with zero attached hydrogens (tertiary/aromatic N) is 1. The highest BCUT2D eigenvalue weighted by Crippen LogP contribution is 2.21. The predicted octanol–water partition coefficient (Wildman–Crippen LogP) is 4.46. The topological polar surface area (TPSA) is 22.0 Å². The highest BCUT2D eigenvalue weighted by Gasteiger charge is 2.11. The van der Waals surface area contributed by atoms with Gasteiger partial charge in [-0.05, 0) is 48.6 Å². The van der Waals surface area contributed by atoms with Crippen LogP contribution in [-0.2, 0) is 13.0 Å². The first-order valence-electron chi connectivity index (χ1n) is 6.85. The smallest absolute Gasteiger partial charge is 0.192 e. The molecule has 0 aliphatic carbocycles. The van der Waals surface area contributed by atoms with Crippen LogP contribution in [0, 0.1) is 6.92 Å². The lowest BCUT2D eigenvalue weighted by Crippen LogP contribution is -2.07. The second-order valence-corrected chi connectivity index (χ2v) is 6.22. The van der Waals surface area contributed by atoms with Crippen molar-refractivity contribution in [1.82, 2.24) is 4.57 Å². The summed E-state index contributed by atoms with van der Waals surface area (Å²) >= 11 is 1.61. The molecule has 20 heavy (non-hydrogen) atoms. The first-order valence-corrected chi connectivity index (χ1v) is 7.66. The summed E-state index contributed by atoms with van der Waals surface area (Å²) in [5, 5.41) is 1.18. The van der Waals surface area contributed by atoms with E-state index in [1.54, 1.807) is 11.3 Å². The average Bonchev–Trinajstić information content (AvgIpc) is 3.06. The van der Waals surface area contributed by atoms with Crippen LogP contribution in [0.2, 0.25) is 0 Å². The van der Waals surface area contributed by atoms with Crippen LogP contribution < -0.4 is 0 Å². The zero-order valence-corrected chi connectivity index (χ0v) is 12.5. The SMILES string of the molecule is CCc1ccc(C(=O)Cn2ccc3ccc(C)cc32)s1. The van der Waals surface area contributed by atoms with Gasteiger partial charge in [-0.1, -0.05) is 19.1 Å². The molecule has 0 radical (unpaired) electrons. The van der Waals surface area contributed by atoms with Gasteiger partial charge < -0.3 is 4.57 Å². The standard InChI is InChI=1S/C17H17NOS/c1-3-14-6-7-17(20-14)16(19)11-18-9-8-13-5-4-12(2)10-15(13)18/h4-10H,3,11H2,1-2H3. The van der Waals surface area contributed by atoms with Crippen LogP contribution >= 0.6 is 11.3 Å². The number of benzene rings is 1. The first kappa shape index (κ1) is 13.1. The summed E-state index contributed by atoms with van der Waals surface area (Å²) < 4.78 is 2.04. The number of hydrogen-bond donors (Lipinski definition) is 0. The molecule has 0 amide bonds. The van der Waals surface area contributed by atoms with E-state index in [1.807, 2.05) is 16.8 Å². The Bertz CT molecular complexity index is 766. The number of aryl methyl sites for hydroxylation is 2. The van der Waals surface area contributed by atoms with Gasteiger partial charge in [-0.3, -0.25) is 4.79 Å². The van der Waals surface area contributed by atoms with Crippen LogP contribution in [0.4, 0.5) is 0 Å². The van der Waals surface area contributed by atoms with Crippen LogP contribution in [0.3, 0.4) is 0 Å². The fourth-order valence-corrected chi connectivity index (χ4v) is 3.26. The maximum atomic E-state index is 12.4. The van der Waals surface area contributed by atoms with E-state index in [2.05, 4.69) is 44.2 Å². The molecule has 0 aliphatic rings. The van der Waals surface area contributed by atoms with Crippen molar-refractivity contribution in [2.24, 2.45) is 0 Å². The summed E-state index contributed by atoms with van der Waals surface area (Å²) in [5.41, 5.74) is 2.35. The number of Topliss-reactive ketones (excluding diaryl/α,β-unsaturated/α-hetero) is 1. The maximum Gasteiger partial charge on any atom is 0.192 e. The monoisotopic (exact) mass is 283 g/mol. The van der Waals surface area contributed by atoms with E-state index in [9.17, 15) is 4.79 Å². The fourth-order valence-electron chi connectivity index (χ4n) is 2.38. The van der Waals surface area contributed by atoms with Gasteiger partial charge in [0.05, 0.1) is 11.4 Å². The quantitative estimate of drug-likeness (QED) is 0.648. The van der Waals surface area contributed by atoms with Gasteiger partial charge in [0.25, 0.3) is 0 Å². The molecule has 0 bridgehead atoms. The summed E-state index contributed by atoms with van der Waals surface area (Å²) in [6, 6.07) is 12.4. The number of ketones is 1. The van der Waals surface area contributed by atoms with Crippen molar-refractivity contribution in [3.8, 4) is 0 Å².